The molecule has 1 fully saturated rings. The molecule has 4 rings (SSSR count). The summed E-state index contributed by atoms with van der Waals surface area (Å²) in [6.45, 7) is 2.49. The van der Waals surface area contributed by atoms with Crippen LogP contribution < -0.4 is 5.56 Å². The highest BCUT2D eigenvalue weighted by Gasteiger charge is 2.37. The number of fused-ring (bicyclic) bond motifs is 4. The Kier molecular flexibility index (Phi) is 3.51. The minimum atomic E-state index is -0.205. The summed E-state index contributed by atoms with van der Waals surface area (Å²) in [6.07, 6.45) is 1.12. The summed E-state index contributed by atoms with van der Waals surface area (Å²) in [5.41, 5.74) is 2.29. The van der Waals surface area contributed by atoms with Crippen molar-refractivity contribution in [1.29, 1.82) is 5.26 Å². The van der Waals surface area contributed by atoms with Gasteiger partial charge >= 0.3 is 0 Å². The molecule has 2 aromatic rings. The molecule has 0 saturated carbocycles. The van der Waals surface area contributed by atoms with Gasteiger partial charge in [0.2, 0.25) is 0 Å². The van der Waals surface area contributed by atoms with Gasteiger partial charge in [-0.3, -0.25) is 9.69 Å². The lowest BCUT2D eigenvalue weighted by atomic mass is 9.82. The molecule has 2 aliphatic rings. The molecule has 116 valence electrons. The second-order valence-electron chi connectivity index (χ2n) is 6.59. The highest BCUT2D eigenvalue weighted by atomic mass is 16.1. The van der Waals surface area contributed by atoms with Gasteiger partial charge in [-0.05, 0) is 24.0 Å². The van der Waals surface area contributed by atoms with E-state index in [-0.39, 0.29) is 11.6 Å². The monoisotopic (exact) mass is 305 g/mol. The standard InChI is InChI=1S/C19H19N3O/c20-10-18(15-5-2-1-3-6-15)21-11-14-9-16(13-21)17-7-4-8-19(23)22(17)12-14/h1-8,14,16,18H,9,11-13H2/t14-,16+,18-/m0/s1. The van der Waals surface area contributed by atoms with Gasteiger partial charge in [0.1, 0.15) is 6.04 Å². The number of likely N-dealkylation sites (tertiary alicyclic amines) is 1. The molecule has 0 radical (unpaired) electrons. The van der Waals surface area contributed by atoms with Crippen LogP contribution >= 0.6 is 0 Å². The average molecular weight is 305 g/mol. The quantitative estimate of drug-likeness (QED) is 0.856. The van der Waals surface area contributed by atoms with Gasteiger partial charge in [-0.2, -0.15) is 5.26 Å². The van der Waals surface area contributed by atoms with Crippen LogP contribution in [0, 0.1) is 17.2 Å². The van der Waals surface area contributed by atoms with Crippen molar-refractivity contribution in [3.63, 3.8) is 0 Å². The summed E-state index contributed by atoms with van der Waals surface area (Å²) in [4.78, 5) is 14.4. The van der Waals surface area contributed by atoms with E-state index in [0.29, 0.717) is 11.8 Å². The first-order valence-electron chi connectivity index (χ1n) is 8.14. The molecule has 0 unspecified atom stereocenters. The first-order valence-corrected chi connectivity index (χ1v) is 8.14. The molecule has 1 saturated heterocycles. The highest BCUT2D eigenvalue weighted by Crippen LogP contribution is 2.38. The van der Waals surface area contributed by atoms with Crippen molar-refractivity contribution in [2.24, 2.45) is 5.92 Å². The van der Waals surface area contributed by atoms with Crippen molar-refractivity contribution in [3.8, 4) is 6.07 Å². The minimum absolute atomic E-state index is 0.102. The summed E-state index contributed by atoms with van der Waals surface area (Å²) in [7, 11) is 0. The van der Waals surface area contributed by atoms with E-state index in [1.54, 1.807) is 6.07 Å². The van der Waals surface area contributed by atoms with E-state index in [1.807, 2.05) is 41.0 Å². The van der Waals surface area contributed by atoms with E-state index < -0.39 is 0 Å². The lowest BCUT2D eigenvalue weighted by Crippen LogP contribution is -2.47. The van der Waals surface area contributed by atoms with Gasteiger partial charge in [-0.15, -0.1) is 0 Å². The zero-order chi connectivity index (χ0) is 15.8. The number of hydrogen-bond donors (Lipinski definition) is 0. The summed E-state index contributed by atoms with van der Waals surface area (Å²) >= 11 is 0. The fourth-order valence-electron chi connectivity index (χ4n) is 4.15. The van der Waals surface area contributed by atoms with E-state index in [0.717, 1.165) is 37.3 Å². The van der Waals surface area contributed by atoms with Crippen molar-refractivity contribution in [1.82, 2.24) is 9.47 Å². The van der Waals surface area contributed by atoms with Crippen LogP contribution in [0.5, 0.6) is 0 Å². The van der Waals surface area contributed by atoms with Crippen LogP contribution in [-0.2, 0) is 6.54 Å². The molecule has 2 bridgehead atoms. The first-order chi connectivity index (χ1) is 11.3. The Labute approximate surface area is 135 Å². The summed E-state index contributed by atoms with van der Waals surface area (Å²) < 4.78 is 1.93. The predicted octanol–water partition coefficient (Wildman–Crippen LogP) is 2.53. The molecular weight excluding hydrogens is 286 g/mol. The molecule has 1 aromatic carbocycles. The van der Waals surface area contributed by atoms with E-state index in [1.165, 1.54) is 0 Å². The van der Waals surface area contributed by atoms with E-state index >= 15 is 0 Å². The van der Waals surface area contributed by atoms with Crippen LogP contribution in [-0.4, -0.2) is 22.6 Å². The second kappa shape index (κ2) is 5.68. The van der Waals surface area contributed by atoms with Gasteiger partial charge in [0.05, 0.1) is 6.07 Å². The average Bonchev–Trinajstić information content (AvgIpc) is 2.58. The number of benzene rings is 1. The van der Waals surface area contributed by atoms with Gasteiger partial charge < -0.3 is 4.57 Å². The van der Waals surface area contributed by atoms with Gasteiger partial charge in [-0.25, -0.2) is 0 Å². The summed E-state index contributed by atoms with van der Waals surface area (Å²) in [5, 5.41) is 9.69. The van der Waals surface area contributed by atoms with Crippen LogP contribution in [0.4, 0.5) is 0 Å². The van der Waals surface area contributed by atoms with Gasteiger partial charge in [0, 0.05) is 37.3 Å². The molecule has 3 atom stereocenters. The Morgan fingerprint density at radius 3 is 2.65 bits per heavy atom. The van der Waals surface area contributed by atoms with Crippen LogP contribution in [0.25, 0.3) is 0 Å². The molecule has 1 aromatic heterocycles. The smallest absolute Gasteiger partial charge is 0.250 e. The van der Waals surface area contributed by atoms with E-state index in [2.05, 4.69) is 17.0 Å². The fourth-order valence-corrected chi connectivity index (χ4v) is 4.15. The van der Waals surface area contributed by atoms with Crippen LogP contribution in [0.3, 0.4) is 0 Å². The third kappa shape index (κ3) is 2.47. The molecule has 2 aliphatic heterocycles. The Morgan fingerprint density at radius 1 is 1.04 bits per heavy atom. The van der Waals surface area contributed by atoms with Crippen LogP contribution in [0.1, 0.15) is 29.6 Å². The number of aromatic nitrogens is 1. The highest BCUT2D eigenvalue weighted by molar-refractivity contribution is 5.25. The van der Waals surface area contributed by atoms with Crippen molar-refractivity contribution in [2.45, 2.75) is 24.9 Å². The maximum absolute atomic E-state index is 12.1. The zero-order valence-electron chi connectivity index (χ0n) is 12.9. The SMILES string of the molecule is N#C[C@@H](c1ccccc1)N1C[C@@H]2C[C@H](C1)c1cccc(=O)n1C2. The third-order valence-corrected chi connectivity index (χ3v) is 5.11. The van der Waals surface area contributed by atoms with E-state index in [4.69, 9.17) is 0 Å². The molecule has 23 heavy (non-hydrogen) atoms. The molecule has 0 spiro atoms. The van der Waals surface area contributed by atoms with Crippen molar-refractivity contribution in [2.75, 3.05) is 13.1 Å². The molecule has 0 amide bonds. The Bertz CT molecular complexity index is 805. The van der Waals surface area contributed by atoms with Crippen LogP contribution in [0.2, 0.25) is 0 Å². The Balaban J connectivity index is 1.66. The lowest BCUT2D eigenvalue weighted by molar-refractivity contribution is 0.100. The summed E-state index contributed by atoms with van der Waals surface area (Å²) in [5.74, 6) is 0.789. The molecular formula is C19H19N3O. The molecule has 4 heteroatoms. The minimum Gasteiger partial charge on any atom is -0.312 e. The Hall–Kier alpha value is -2.38. The van der Waals surface area contributed by atoms with Crippen molar-refractivity contribution >= 4 is 0 Å². The number of pyridine rings is 1. The maximum Gasteiger partial charge on any atom is 0.250 e. The molecule has 0 N–H and O–H groups in total. The maximum atomic E-state index is 12.1. The summed E-state index contributed by atoms with van der Waals surface area (Å²) in [6, 6.07) is 17.8. The topological polar surface area (TPSA) is 49.0 Å². The largest absolute Gasteiger partial charge is 0.312 e. The number of hydrogen-bond acceptors (Lipinski definition) is 3. The normalized spacial score (nSPS) is 24.5. The number of rotatable bonds is 2. The van der Waals surface area contributed by atoms with Gasteiger partial charge in [0.25, 0.3) is 5.56 Å². The lowest BCUT2D eigenvalue weighted by Gasteiger charge is -2.44. The first kappa shape index (κ1) is 14.2. The number of nitriles is 1. The Morgan fingerprint density at radius 2 is 1.87 bits per heavy atom. The van der Waals surface area contributed by atoms with Crippen LogP contribution in [0.15, 0.2) is 53.3 Å². The van der Waals surface area contributed by atoms with Gasteiger partial charge in [0.15, 0.2) is 0 Å². The van der Waals surface area contributed by atoms with Crippen molar-refractivity contribution < 1.29 is 0 Å². The number of piperidine rings is 1. The third-order valence-electron chi connectivity index (χ3n) is 5.11. The molecule has 0 aliphatic carbocycles. The predicted molar refractivity (Wildman–Crippen MR) is 87.9 cm³/mol. The van der Waals surface area contributed by atoms with Crippen molar-refractivity contribution in [3.05, 3.63) is 70.1 Å². The second-order valence-corrected chi connectivity index (χ2v) is 6.59. The van der Waals surface area contributed by atoms with Gasteiger partial charge in [-0.1, -0.05) is 36.4 Å². The zero-order valence-corrected chi connectivity index (χ0v) is 12.9. The number of nitrogens with zero attached hydrogens (tertiary/aromatic N) is 3. The fraction of sp³-hybridized carbons (Fsp3) is 0.368. The molecule has 3 heterocycles. The van der Waals surface area contributed by atoms with E-state index in [9.17, 15) is 10.1 Å². The molecule has 4 nitrogen and oxygen atoms in total.